The van der Waals surface area contributed by atoms with Crippen molar-refractivity contribution in [1.82, 2.24) is 39.7 Å². The average molecular weight is 869 g/mol. The summed E-state index contributed by atoms with van der Waals surface area (Å²) >= 11 is 0. The molecule has 9 atom stereocenters. The lowest BCUT2D eigenvalue weighted by Crippen LogP contribution is -2.48. The SMILES string of the molecule is CCN[C@@H](Cc1ccccc1)C(=O)NCC(=O)OC1C(O)[C@H](n2cnc3c(N)ncnc32)O[C@@H]1COP(=O)(O)OC1C[C@H](n2ccc(N)nc2=O)O[C@@H]1COP(=O)(O)O. The third kappa shape index (κ3) is 11.1. The highest BCUT2D eigenvalue weighted by atomic mass is 31.2. The number of ether oxygens (including phenoxy) is 3. The molecule has 5 heterocycles. The summed E-state index contributed by atoms with van der Waals surface area (Å²) in [5.41, 5.74) is 11.8. The number of nitrogens with two attached hydrogens (primary N) is 2. The van der Waals surface area contributed by atoms with Crippen LogP contribution in [0.15, 0.2) is 60.0 Å². The Kier molecular flexibility index (Phi) is 13.9. The molecule has 2 aliphatic rings. The normalized spacial score (nSPS) is 24.8. The van der Waals surface area contributed by atoms with Gasteiger partial charge in [-0.25, -0.2) is 28.9 Å². The Balaban J connectivity index is 1.16. The predicted molar refractivity (Wildman–Crippen MR) is 200 cm³/mol. The molecule has 2 fully saturated rings. The Hall–Kier alpha value is -4.75. The van der Waals surface area contributed by atoms with Crippen LogP contribution in [0, 0.1) is 0 Å². The summed E-state index contributed by atoms with van der Waals surface area (Å²) in [6.45, 7) is -0.0661. The zero-order valence-electron chi connectivity index (χ0n) is 31.1. The van der Waals surface area contributed by atoms with E-state index in [0.29, 0.717) is 13.0 Å². The molecular formula is C32H42N10O15P2. The van der Waals surface area contributed by atoms with Crippen LogP contribution in [0.5, 0.6) is 0 Å². The first-order valence-electron chi connectivity index (χ1n) is 17.9. The molecule has 2 saturated heterocycles. The Morgan fingerprint density at radius 2 is 1.76 bits per heavy atom. The van der Waals surface area contributed by atoms with Crippen LogP contribution in [-0.4, -0.2) is 124 Å². The molecule has 0 aliphatic carbocycles. The number of carbonyl (C=O) groups excluding carboxylic acids is 2. The largest absolute Gasteiger partial charge is 0.472 e. The summed E-state index contributed by atoms with van der Waals surface area (Å²) in [6, 6.07) is 9.79. The van der Waals surface area contributed by atoms with Crippen LogP contribution in [0.2, 0.25) is 0 Å². The molecule has 59 heavy (non-hydrogen) atoms. The van der Waals surface area contributed by atoms with Crippen molar-refractivity contribution >= 4 is 50.3 Å². The minimum absolute atomic E-state index is 0.0153. The summed E-state index contributed by atoms with van der Waals surface area (Å²) in [4.78, 5) is 84.0. The van der Waals surface area contributed by atoms with E-state index in [9.17, 15) is 43.3 Å². The lowest BCUT2D eigenvalue weighted by Gasteiger charge is -2.24. The van der Waals surface area contributed by atoms with Gasteiger partial charge >= 0.3 is 27.3 Å². The van der Waals surface area contributed by atoms with Crippen molar-refractivity contribution in [2.45, 2.75) is 68.8 Å². The highest BCUT2D eigenvalue weighted by molar-refractivity contribution is 7.47. The van der Waals surface area contributed by atoms with Crippen molar-refractivity contribution in [3.05, 3.63) is 71.3 Å². The maximum absolute atomic E-state index is 13.4. The van der Waals surface area contributed by atoms with Crippen LogP contribution in [0.1, 0.15) is 31.4 Å². The van der Waals surface area contributed by atoms with Crippen LogP contribution < -0.4 is 27.8 Å². The monoisotopic (exact) mass is 868 g/mol. The number of aromatic nitrogens is 6. The third-order valence-corrected chi connectivity index (χ3v) is 10.6. The first kappa shape index (κ1) is 43.8. The molecule has 0 saturated carbocycles. The van der Waals surface area contributed by atoms with E-state index in [2.05, 4.69) is 35.1 Å². The van der Waals surface area contributed by atoms with Gasteiger partial charge in [-0.1, -0.05) is 37.3 Å². The Bertz CT molecular complexity index is 2260. The molecule has 6 rings (SSSR count). The summed E-state index contributed by atoms with van der Waals surface area (Å²) in [5, 5.41) is 17.1. The number of esters is 1. The van der Waals surface area contributed by atoms with Gasteiger partial charge in [-0.3, -0.25) is 32.3 Å². The fourth-order valence-electron chi connectivity index (χ4n) is 6.43. The van der Waals surface area contributed by atoms with Gasteiger partial charge in [0.1, 0.15) is 54.9 Å². The number of anilines is 2. The fourth-order valence-corrected chi connectivity index (χ4v) is 7.73. The summed E-state index contributed by atoms with van der Waals surface area (Å²) in [6.07, 6.45) is -6.66. The number of nitrogens with zero attached hydrogens (tertiary/aromatic N) is 6. The van der Waals surface area contributed by atoms with Gasteiger partial charge in [0.05, 0.1) is 25.6 Å². The number of aliphatic hydroxyl groups is 1. The van der Waals surface area contributed by atoms with Crippen LogP contribution in [0.3, 0.4) is 0 Å². The number of likely N-dealkylation sites (N-methyl/N-ethyl adjacent to an activating group) is 1. The maximum atomic E-state index is 13.4. The number of nitrogen functional groups attached to an aromatic ring is 2. The molecule has 2 aliphatic heterocycles. The van der Waals surface area contributed by atoms with Crippen LogP contribution in [-0.2, 0) is 52.9 Å². The minimum atomic E-state index is -5.19. The standard InChI is InChI=1S/C32H42N10O15P2/c1-2-35-18(10-17-6-4-3-5-7-17)30(45)36-12-24(43)56-27-21(55-31(26(27)44)42-16-39-25-28(34)37-15-38-29(25)42)14-53-59(50,51)57-19-11-23(41-9-8-22(33)40-32(41)46)54-20(19)13-52-58(47,48)49/h3-9,15-16,18-21,23,26-27,31,35,44H,2,10-14H2,1H3,(H,36,45)(H,50,51)(H2,33,40,46)(H2,34,37,38)(H2,47,48,49)/t18-,19?,20+,21+,23+,26?,27?,31+/m0/s1. The topological polar surface area (TPSA) is 359 Å². The molecule has 10 N–H and O–H groups in total. The van der Waals surface area contributed by atoms with E-state index in [4.69, 9.17) is 34.7 Å². The Morgan fingerprint density at radius 1 is 1.02 bits per heavy atom. The van der Waals surface area contributed by atoms with E-state index in [0.717, 1.165) is 16.5 Å². The number of amides is 1. The van der Waals surface area contributed by atoms with E-state index in [1.54, 1.807) is 0 Å². The Morgan fingerprint density at radius 3 is 2.47 bits per heavy atom. The van der Waals surface area contributed by atoms with Gasteiger partial charge in [0.2, 0.25) is 5.91 Å². The number of nitrogens with one attached hydrogen (secondary N) is 2. The number of hydrogen-bond donors (Lipinski definition) is 8. The molecular weight excluding hydrogens is 826 g/mol. The lowest BCUT2D eigenvalue weighted by atomic mass is 10.1. The van der Waals surface area contributed by atoms with Crippen molar-refractivity contribution in [2.75, 3.05) is 37.8 Å². The molecule has 0 bridgehead atoms. The fraction of sp³-hybridized carbons (Fsp3) is 0.469. The number of fused-ring (bicyclic) bond motifs is 1. The van der Waals surface area contributed by atoms with Crippen LogP contribution >= 0.6 is 15.6 Å². The average Bonchev–Trinajstić information content (AvgIpc) is 3.87. The smallest absolute Gasteiger partial charge is 0.455 e. The van der Waals surface area contributed by atoms with Gasteiger partial charge < -0.3 is 56.1 Å². The quantitative estimate of drug-likeness (QED) is 0.0423. The summed E-state index contributed by atoms with van der Waals surface area (Å²) in [7, 11) is -10.2. The highest BCUT2D eigenvalue weighted by Crippen LogP contribution is 2.50. The Labute approximate surface area is 333 Å². The second-order valence-electron chi connectivity index (χ2n) is 13.2. The molecule has 1 amide bonds. The number of phosphoric acid groups is 2. The van der Waals surface area contributed by atoms with Gasteiger partial charge in [-0.15, -0.1) is 0 Å². The molecule has 0 radical (unpaired) electrons. The predicted octanol–water partition coefficient (Wildman–Crippen LogP) is -1.35. The summed E-state index contributed by atoms with van der Waals surface area (Å²) in [5.74, 6) is -1.60. The zero-order chi connectivity index (χ0) is 42.5. The van der Waals surface area contributed by atoms with Crippen molar-refractivity contribution < 1.29 is 66.3 Å². The van der Waals surface area contributed by atoms with Crippen molar-refractivity contribution in [2.24, 2.45) is 0 Å². The molecule has 25 nitrogen and oxygen atoms in total. The van der Waals surface area contributed by atoms with E-state index in [-0.39, 0.29) is 29.2 Å². The second kappa shape index (κ2) is 18.7. The second-order valence-corrected chi connectivity index (χ2v) is 15.9. The van der Waals surface area contributed by atoms with E-state index >= 15 is 0 Å². The van der Waals surface area contributed by atoms with Crippen LogP contribution in [0.25, 0.3) is 11.2 Å². The van der Waals surface area contributed by atoms with E-state index in [1.165, 1.54) is 23.2 Å². The summed E-state index contributed by atoms with van der Waals surface area (Å²) < 4.78 is 59.6. The zero-order valence-corrected chi connectivity index (χ0v) is 32.9. The molecule has 27 heteroatoms. The number of carbonyl (C=O) groups is 2. The first-order chi connectivity index (χ1) is 28.0. The maximum Gasteiger partial charge on any atom is 0.472 e. The molecule has 4 aromatic rings. The number of aliphatic hydroxyl groups excluding tert-OH is 1. The number of phosphoric ester groups is 2. The number of rotatable bonds is 18. The van der Waals surface area contributed by atoms with Crippen molar-refractivity contribution in [3.63, 3.8) is 0 Å². The highest BCUT2D eigenvalue weighted by Gasteiger charge is 2.50. The first-order valence-corrected chi connectivity index (χ1v) is 20.9. The van der Waals surface area contributed by atoms with Crippen LogP contribution in [0.4, 0.5) is 11.6 Å². The molecule has 4 unspecified atom stereocenters. The van der Waals surface area contributed by atoms with Gasteiger partial charge in [-0.05, 0) is 24.6 Å². The van der Waals surface area contributed by atoms with Crippen molar-refractivity contribution in [3.8, 4) is 0 Å². The minimum Gasteiger partial charge on any atom is -0.455 e. The molecule has 1 aromatic carbocycles. The molecule has 0 spiro atoms. The lowest BCUT2D eigenvalue weighted by molar-refractivity contribution is -0.156. The number of imidazole rings is 1. The number of benzene rings is 1. The van der Waals surface area contributed by atoms with E-state index < -0.39 is 102 Å². The van der Waals surface area contributed by atoms with E-state index in [1.807, 2.05) is 37.3 Å². The number of hydrogen-bond acceptors (Lipinski definition) is 19. The van der Waals surface area contributed by atoms with Crippen molar-refractivity contribution in [1.29, 1.82) is 0 Å². The van der Waals surface area contributed by atoms with Gasteiger partial charge in [0.15, 0.2) is 23.8 Å². The third-order valence-electron chi connectivity index (χ3n) is 9.11. The van der Waals surface area contributed by atoms with Gasteiger partial charge in [0, 0.05) is 12.6 Å². The van der Waals surface area contributed by atoms with Gasteiger partial charge in [-0.2, -0.15) is 4.98 Å². The molecule has 3 aromatic heterocycles. The molecule has 320 valence electrons. The van der Waals surface area contributed by atoms with Gasteiger partial charge in [0.25, 0.3) is 0 Å².